The molecule has 0 unspecified atom stereocenters. The molecule has 0 radical (unpaired) electrons. The molecule has 0 amide bonds. The van der Waals surface area contributed by atoms with E-state index in [1.807, 2.05) is 6.33 Å². The molecule has 3 aromatic carbocycles. The van der Waals surface area contributed by atoms with E-state index < -0.39 is 5.54 Å². The maximum absolute atomic E-state index is 4.93. The van der Waals surface area contributed by atoms with Gasteiger partial charge in [0, 0.05) is 24.5 Å². The van der Waals surface area contributed by atoms with Crippen LogP contribution in [0.5, 0.6) is 0 Å². The van der Waals surface area contributed by atoms with Gasteiger partial charge in [-0.3, -0.25) is 0 Å². The predicted octanol–water partition coefficient (Wildman–Crippen LogP) is 7.66. The van der Waals surface area contributed by atoms with Gasteiger partial charge in [-0.25, -0.2) is 4.98 Å². The zero-order valence-electron chi connectivity index (χ0n) is 21.0. The van der Waals surface area contributed by atoms with Gasteiger partial charge in [0.2, 0.25) is 0 Å². The third-order valence-electron chi connectivity index (χ3n) is 7.02. The Morgan fingerprint density at radius 2 is 1.31 bits per heavy atom. The largest absolute Gasteiger partial charge is 0.319 e. The first-order chi connectivity index (χ1) is 17.0. The quantitative estimate of drug-likeness (QED) is 0.214. The standard InChI is InChI=1S/C33H34N2/c1-32(2,3)22-14-13-15-26-23-30(26)31-24-35(25-34-31)33(27-16-7-4-8-17-27,28-18-9-5-10-19-28)29-20-11-6-12-21-29/h4-12,16-21,24-26,30H,14,22-23H2,1-3H3/t26-,30-/m0/s1. The van der Waals surface area contributed by atoms with E-state index in [4.69, 9.17) is 4.98 Å². The number of imidazole rings is 1. The van der Waals surface area contributed by atoms with Gasteiger partial charge in [-0.1, -0.05) is 118 Å². The number of hydrogen-bond acceptors (Lipinski definition) is 1. The number of benzene rings is 3. The van der Waals surface area contributed by atoms with Crippen LogP contribution < -0.4 is 0 Å². The van der Waals surface area contributed by atoms with Crippen molar-refractivity contribution in [2.75, 3.05) is 0 Å². The summed E-state index contributed by atoms with van der Waals surface area (Å²) in [4.78, 5) is 4.93. The Kier molecular flexibility index (Phi) is 6.35. The molecular formula is C33H34N2. The van der Waals surface area contributed by atoms with E-state index in [0.717, 1.165) is 25.0 Å². The van der Waals surface area contributed by atoms with Crippen LogP contribution in [0, 0.1) is 23.2 Å². The molecule has 0 N–H and O–H groups in total. The van der Waals surface area contributed by atoms with Gasteiger partial charge in [0.05, 0.1) is 12.0 Å². The highest BCUT2D eigenvalue weighted by atomic mass is 15.1. The second-order valence-electron chi connectivity index (χ2n) is 10.8. The highest BCUT2D eigenvalue weighted by Gasteiger charge is 2.42. The van der Waals surface area contributed by atoms with Gasteiger partial charge in [-0.15, -0.1) is 5.92 Å². The van der Waals surface area contributed by atoms with Crippen molar-refractivity contribution in [3.63, 3.8) is 0 Å². The predicted molar refractivity (Wildman–Crippen MR) is 144 cm³/mol. The average molecular weight is 459 g/mol. The van der Waals surface area contributed by atoms with Gasteiger partial charge >= 0.3 is 0 Å². The van der Waals surface area contributed by atoms with Crippen LogP contribution in [0.4, 0.5) is 0 Å². The Bertz CT molecular complexity index is 1200. The average Bonchev–Trinajstić information content (AvgIpc) is 3.49. The molecule has 0 bridgehead atoms. The van der Waals surface area contributed by atoms with Crippen molar-refractivity contribution >= 4 is 0 Å². The van der Waals surface area contributed by atoms with Crippen LogP contribution in [-0.2, 0) is 5.54 Å². The van der Waals surface area contributed by atoms with Crippen LogP contribution in [0.15, 0.2) is 104 Å². The third kappa shape index (κ3) is 4.82. The second kappa shape index (κ2) is 9.59. The van der Waals surface area contributed by atoms with Gasteiger partial charge in [0.15, 0.2) is 0 Å². The molecule has 35 heavy (non-hydrogen) atoms. The van der Waals surface area contributed by atoms with E-state index in [0.29, 0.717) is 17.3 Å². The maximum Gasteiger partial charge on any atom is 0.121 e. The number of rotatable bonds is 6. The SMILES string of the molecule is CC(C)(C)CCC#C[C@H]1C[C@@H]1c1cn(C(c2ccccc2)(c2ccccc2)c2ccccc2)cn1. The van der Waals surface area contributed by atoms with Crippen molar-refractivity contribution < 1.29 is 0 Å². The summed E-state index contributed by atoms with van der Waals surface area (Å²) in [6.45, 7) is 6.83. The first kappa shape index (κ1) is 23.2. The lowest BCUT2D eigenvalue weighted by Crippen LogP contribution is -2.36. The Morgan fingerprint density at radius 3 is 1.80 bits per heavy atom. The molecule has 0 aliphatic heterocycles. The first-order valence-electron chi connectivity index (χ1n) is 12.7. The molecule has 0 spiro atoms. The molecule has 5 rings (SSSR count). The summed E-state index contributed by atoms with van der Waals surface area (Å²) in [5, 5.41) is 0. The van der Waals surface area contributed by atoms with Crippen molar-refractivity contribution in [3.05, 3.63) is 126 Å². The molecule has 2 atom stereocenters. The van der Waals surface area contributed by atoms with Crippen molar-refractivity contribution in [3.8, 4) is 11.8 Å². The lowest BCUT2D eigenvalue weighted by atomic mass is 9.77. The normalized spacial score (nSPS) is 17.5. The summed E-state index contributed by atoms with van der Waals surface area (Å²) in [7, 11) is 0. The number of hydrogen-bond donors (Lipinski definition) is 0. The van der Waals surface area contributed by atoms with E-state index >= 15 is 0 Å². The highest BCUT2D eigenvalue weighted by Crippen LogP contribution is 2.48. The van der Waals surface area contributed by atoms with Crippen LogP contribution in [0.3, 0.4) is 0 Å². The minimum atomic E-state index is -0.502. The lowest BCUT2D eigenvalue weighted by molar-refractivity contribution is 0.384. The molecule has 1 aliphatic carbocycles. The van der Waals surface area contributed by atoms with E-state index in [1.165, 1.54) is 16.7 Å². The van der Waals surface area contributed by atoms with E-state index in [9.17, 15) is 0 Å². The third-order valence-corrected chi connectivity index (χ3v) is 7.02. The zero-order valence-corrected chi connectivity index (χ0v) is 21.0. The van der Waals surface area contributed by atoms with Crippen LogP contribution in [-0.4, -0.2) is 9.55 Å². The Labute approximate surface area is 210 Å². The molecule has 176 valence electrons. The molecule has 0 saturated heterocycles. The van der Waals surface area contributed by atoms with Gasteiger partial charge in [-0.05, 0) is 34.9 Å². The van der Waals surface area contributed by atoms with Crippen LogP contribution in [0.1, 0.15) is 68.3 Å². The number of aromatic nitrogens is 2. The van der Waals surface area contributed by atoms with Crippen LogP contribution >= 0.6 is 0 Å². The minimum absolute atomic E-state index is 0.339. The molecule has 1 aromatic heterocycles. The smallest absolute Gasteiger partial charge is 0.121 e. The van der Waals surface area contributed by atoms with E-state index in [1.54, 1.807) is 0 Å². The molecule has 2 heteroatoms. The molecule has 2 nitrogen and oxygen atoms in total. The van der Waals surface area contributed by atoms with E-state index in [2.05, 4.69) is 134 Å². The Morgan fingerprint density at radius 1 is 0.800 bits per heavy atom. The summed E-state index contributed by atoms with van der Waals surface area (Å²) in [5.41, 5.74) is 4.64. The zero-order chi connectivity index (χ0) is 24.3. The Balaban J connectivity index is 1.53. The van der Waals surface area contributed by atoms with Gasteiger partial charge in [0.1, 0.15) is 5.54 Å². The molecule has 1 heterocycles. The molecule has 1 fully saturated rings. The Hall–Kier alpha value is -3.57. The van der Waals surface area contributed by atoms with Gasteiger partial charge in [0.25, 0.3) is 0 Å². The second-order valence-corrected chi connectivity index (χ2v) is 10.8. The van der Waals surface area contributed by atoms with Crippen molar-refractivity contribution in [2.45, 2.75) is 51.5 Å². The van der Waals surface area contributed by atoms with Crippen molar-refractivity contribution in [1.29, 1.82) is 0 Å². The summed E-state index contributed by atoms with van der Waals surface area (Å²) in [6, 6.07) is 32.3. The van der Waals surface area contributed by atoms with Gasteiger partial charge in [-0.2, -0.15) is 0 Å². The fourth-order valence-electron chi connectivity index (χ4n) is 5.02. The highest BCUT2D eigenvalue weighted by molar-refractivity contribution is 5.51. The topological polar surface area (TPSA) is 17.8 Å². The molecule has 1 saturated carbocycles. The van der Waals surface area contributed by atoms with Crippen LogP contribution in [0.2, 0.25) is 0 Å². The summed E-state index contributed by atoms with van der Waals surface area (Å²) >= 11 is 0. The number of nitrogens with zero attached hydrogens (tertiary/aromatic N) is 2. The molecule has 1 aliphatic rings. The fraction of sp³-hybridized carbons (Fsp3) is 0.303. The van der Waals surface area contributed by atoms with Crippen molar-refractivity contribution in [1.82, 2.24) is 9.55 Å². The molecular weight excluding hydrogens is 424 g/mol. The molecule has 4 aromatic rings. The first-order valence-corrected chi connectivity index (χ1v) is 12.7. The van der Waals surface area contributed by atoms with Crippen LogP contribution in [0.25, 0.3) is 0 Å². The fourth-order valence-corrected chi connectivity index (χ4v) is 5.02. The van der Waals surface area contributed by atoms with Crippen molar-refractivity contribution in [2.24, 2.45) is 11.3 Å². The minimum Gasteiger partial charge on any atom is -0.319 e. The summed E-state index contributed by atoms with van der Waals surface area (Å²) in [6.07, 6.45) is 7.49. The monoisotopic (exact) mass is 458 g/mol. The lowest BCUT2D eigenvalue weighted by Gasteiger charge is -2.37. The maximum atomic E-state index is 4.93. The summed E-state index contributed by atoms with van der Waals surface area (Å²) < 4.78 is 2.31. The van der Waals surface area contributed by atoms with Gasteiger partial charge < -0.3 is 4.57 Å². The summed E-state index contributed by atoms with van der Waals surface area (Å²) in [5.74, 6) is 7.81. The van der Waals surface area contributed by atoms with E-state index in [-0.39, 0.29) is 0 Å².